The van der Waals surface area contributed by atoms with Gasteiger partial charge in [0, 0.05) is 31.2 Å². The van der Waals surface area contributed by atoms with Gasteiger partial charge in [0.1, 0.15) is 0 Å². The Kier molecular flexibility index (Phi) is 6.78. The van der Waals surface area contributed by atoms with Crippen LogP contribution in [0, 0.1) is 5.92 Å². The number of rotatable bonds is 7. The second-order valence-electron chi connectivity index (χ2n) is 7.32. The van der Waals surface area contributed by atoms with E-state index in [4.69, 9.17) is 0 Å². The van der Waals surface area contributed by atoms with Crippen LogP contribution < -0.4 is 5.32 Å². The fourth-order valence-electron chi connectivity index (χ4n) is 2.56. The van der Waals surface area contributed by atoms with E-state index in [0.717, 1.165) is 5.92 Å². The van der Waals surface area contributed by atoms with Crippen molar-refractivity contribution < 1.29 is 0 Å². The summed E-state index contributed by atoms with van der Waals surface area (Å²) in [5.74, 6) is 0.841. The maximum absolute atomic E-state index is 3.64. The molecule has 1 N–H and O–H groups in total. The van der Waals surface area contributed by atoms with E-state index >= 15 is 0 Å². The molecule has 1 heterocycles. The Bertz CT molecular complexity index is 247. The first-order valence-corrected chi connectivity index (χ1v) is 7.99. The van der Waals surface area contributed by atoms with Crippen LogP contribution in [0.15, 0.2) is 0 Å². The Morgan fingerprint density at radius 2 is 2.05 bits per heavy atom. The molecule has 1 aliphatic rings. The third-order valence-electron chi connectivity index (χ3n) is 4.40. The highest BCUT2D eigenvalue weighted by Gasteiger charge is 2.23. The fourth-order valence-corrected chi connectivity index (χ4v) is 2.56. The van der Waals surface area contributed by atoms with Crippen LogP contribution in [-0.4, -0.2) is 61.2 Å². The van der Waals surface area contributed by atoms with Gasteiger partial charge in [0.25, 0.3) is 0 Å². The molecule has 0 radical (unpaired) electrons. The predicted molar refractivity (Wildman–Crippen MR) is 84.7 cm³/mol. The van der Waals surface area contributed by atoms with E-state index in [-0.39, 0.29) is 5.54 Å². The molecule has 1 fully saturated rings. The monoisotopic (exact) mass is 269 g/mol. The van der Waals surface area contributed by atoms with Gasteiger partial charge in [-0.3, -0.25) is 0 Å². The van der Waals surface area contributed by atoms with Gasteiger partial charge in [-0.15, -0.1) is 0 Å². The number of nitrogens with zero attached hydrogens (tertiary/aromatic N) is 2. The zero-order valence-corrected chi connectivity index (χ0v) is 14.0. The number of hydrogen-bond donors (Lipinski definition) is 1. The molecular weight excluding hydrogens is 234 g/mol. The predicted octanol–water partition coefficient (Wildman–Crippen LogP) is 2.43. The summed E-state index contributed by atoms with van der Waals surface area (Å²) in [5.41, 5.74) is 0.254. The van der Waals surface area contributed by atoms with Crippen molar-refractivity contribution in [2.24, 2.45) is 5.92 Å². The molecule has 3 nitrogen and oxygen atoms in total. The lowest BCUT2D eigenvalue weighted by Gasteiger charge is -2.26. The summed E-state index contributed by atoms with van der Waals surface area (Å²) >= 11 is 0. The van der Waals surface area contributed by atoms with Crippen LogP contribution in [0.5, 0.6) is 0 Å². The zero-order valence-electron chi connectivity index (χ0n) is 14.0. The molecule has 1 saturated heterocycles. The maximum atomic E-state index is 3.64. The lowest BCUT2D eigenvalue weighted by Crippen LogP contribution is -2.40. The molecule has 0 aromatic heterocycles. The second-order valence-corrected chi connectivity index (χ2v) is 7.32. The van der Waals surface area contributed by atoms with Crippen molar-refractivity contribution in [3.05, 3.63) is 0 Å². The van der Waals surface area contributed by atoms with Crippen molar-refractivity contribution in [2.75, 3.05) is 39.8 Å². The minimum absolute atomic E-state index is 0.254. The molecule has 1 aliphatic heterocycles. The van der Waals surface area contributed by atoms with Crippen molar-refractivity contribution in [3.8, 4) is 0 Å². The third kappa shape index (κ3) is 6.73. The Labute approximate surface area is 120 Å². The average molecular weight is 269 g/mol. The molecule has 0 saturated carbocycles. The summed E-state index contributed by atoms with van der Waals surface area (Å²) < 4.78 is 0. The Morgan fingerprint density at radius 1 is 1.37 bits per heavy atom. The smallest absolute Gasteiger partial charge is 0.0109 e. The number of nitrogens with one attached hydrogen (secondary N) is 1. The molecule has 3 heteroatoms. The van der Waals surface area contributed by atoms with Crippen molar-refractivity contribution in [1.82, 2.24) is 15.1 Å². The Hall–Kier alpha value is -0.120. The topological polar surface area (TPSA) is 18.5 Å². The lowest BCUT2D eigenvalue weighted by atomic mass is 10.1. The molecular formula is C16H35N3. The van der Waals surface area contributed by atoms with E-state index in [2.05, 4.69) is 56.8 Å². The highest BCUT2D eigenvalue weighted by Crippen LogP contribution is 2.16. The standard InChI is InChI=1S/C16H35N3/c1-7-14(2)18(6)10-11-19-9-8-15(13-19)12-17-16(3,4)5/h14-15,17H,7-13H2,1-6H3. The third-order valence-corrected chi connectivity index (χ3v) is 4.40. The molecule has 2 atom stereocenters. The van der Waals surface area contributed by atoms with Crippen molar-refractivity contribution in [3.63, 3.8) is 0 Å². The van der Waals surface area contributed by atoms with Crippen LogP contribution in [0.3, 0.4) is 0 Å². The van der Waals surface area contributed by atoms with Gasteiger partial charge in [-0.2, -0.15) is 0 Å². The van der Waals surface area contributed by atoms with Crippen molar-refractivity contribution in [2.45, 2.75) is 59.0 Å². The molecule has 0 bridgehead atoms. The Balaban J connectivity index is 2.18. The highest BCUT2D eigenvalue weighted by atomic mass is 15.2. The first kappa shape index (κ1) is 16.9. The molecule has 0 spiro atoms. The van der Waals surface area contributed by atoms with Crippen LogP contribution >= 0.6 is 0 Å². The van der Waals surface area contributed by atoms with E-state index in [0.29, 0.717) is 6.04 Å². The van der Waals surface area contributed by atoms with E-state index in [1.165, 1.54) is 45.6 Å². The number of likely N-dealkylation sites (N-methyl/N-ethyl adjacent to an activating group) is 1. The molecule has 1 rings (SSSR count). The molecule has 0 aromatic rings. The largest absolute Gasteiger partial charge is 0.312 e. The molecule has 0 amide bonds. The molecule has 2 unspecified atom stereocenters. The van der Waals surface area contributed by atoms with Crippen LogP contribution in [-0.2, 0) is 0 Å². The van der Waals surface area contributed by atoms with Gasteiger partial charge in [0.15, 0.2) is 0 Å². The van der Waals surface area contributed by atoms with E-state index in [1.54, 1.807) is 0 Å². The number of hydrogen-bond acceptors (Lipinski definition) is 3. The first-order valence-electron chi connectivity index (χ1n) is 7.99. The summed E-state index contributed by atoms with van der Waals surface area (Å²) in [6.45, 7) is 17.5. The summed E-state index contributed by atoms with van der Waals surface area (Å²) in [7, 11) is 2.25. The lowest BCUT2D eigenvalue weighted by molar-refractivity contribution is 0.207. The minimum Gasteiger partial charge on any atom is -0.312 e. The van der Waals surface area contributed by atoms with Gasteiger partial charge in [0.2, 0.25) is 0 Å². The van der Waals surface area contributed by atoms with Crippen molar-refractivity contribution in [1.29, 1.82) is 0 Å². The number of likely N-dealkylation sites (tertiary alicyclic amines) is 1. The summed E-state index contributed by atoms with van der Waals surface area (Å²) in [5, 5.41) is 3.64. The Morgan fingerprint density at radius 3 is 2.63 bits per heavy atom. The van der Waals surface area contributed by atoms with Gasteiger partial charge in [0.05, 0.1) is 0 Å². The molecule has 0 aromatic carbocycles. The van der Waals surface area contributed by atoms with Gasteiger partial charge >= 0.3 is 0 Å². The molecule has 0 aliphatic carbocycles. The van der Waals surface area contributed by atoms with Crippen LogP contribution in [0.25, 0.3) is 0 Å². The van der Waals surface area contributed by atoms with Crippen LogP contribution in [0.4, 0.5) is 0 Å². The minimum atomic E-state index is 0.254. The summed E-state index contributed by atoms with van der Waals surface area (Å²) in [6, 6.07) is 0.709. The summed E-state index contributed by atoms with van der Waals surface area (Å²) in [4.78, 5) is 5.12. The maximum Gasteiger partial charge on any atom is 0.0109 e. The van der Waals surface area contributed by atoms with Gasteiger partial charge in [-0.1, -0.05) is 6.92 Å². The van der Waals surface area contributed by atoms with E-state index < -0.39 is 0 Å². The fraction of sp³-hybridized carbons (Fsp3) is 1.00. The van der Waals surface area contributed by atoms with E-state index in [1.807, 2.05) is 0 Å². The van der Waals surface area contributed by atoms with Crippen LogP contribution in [0.1, 0.15) is 47.5 Å². The van der Waals surface area contributed by atoms with E-state index in [9.17, 15) is 0 Å². The summed E-state index contributed by atoms with van der Waals surface area (Å²) in [6.07, 6.45) is 2.60. The van der Waals surface area contributed by atoms with Gasteiger partial charge < -0.3 is 15.1 Å². The van der Waals surface area contributed by atoms with Crippen molar-refractivity contribution >= 4 is 0 Å². The molecule has 19 heavy (non-hydrogen) atoms. The van der Waals surface area contributed by atoms with Gasteiger partial charge in [-0.25, -0.2) is 0 Å². The normalized spacial score (nSPS) is 23.2. The average Bonchev–Trinajstić information content (AvgIpc) is 2.79. The zero-order chi connectivity index (χ0) is 14.5. The quantitative estimate of drug-likeness (QED) is 0.766. The molecule has 114 valence electrons. The van der Waals surface area contributed by atoms with Crippen LogP contribution in [0.2, 0.25) is 0 Å². The van der Waals surface area contributed by atoms with Gasteiger partial charge in [-0.05, 0) is 66.6 Å². The highest BCUT2D eigenvalue weighted by molar-refractivity contribution is 4.81. The SMILES string of the molecule is CCC(C)N(C)CCN1CCC(CNC(C)(C)C)C1. The first-order chi connectivity index (χ1) is 8.81. The second kappa shape index (κ2) is 7.61.